The van der Waals surface area contributed by atoms with Crippen LogP contribution in [0.4, 0.5) is 0 Å². The van der Waals surface area contributed by atoms with Gasteiger partial charge >= 0.3 is 11.9 Å². The number of carbonyl (C=O) groups is 2. The zero-order valence-electron chi connectivity index (χ0n) is 16.4. The van der Waals surface area contributed by atoms with E-state index in [9.17, 15) is 9.59 Å². The maximum atomic E-state index is 11.2. The Kier molecular flexibility index (Phi) is 11.4. The second kappa shape index (κ2) is 13.6. The Labute approximate surface area is 165 Å². The molecule has 0 bridgehead atoms. The quantitative estimate of drug-likeness (QED) is 0.215. The van der Waals surface area contributed by atoms with E-state index in [1.54, 1.807) is 13.8 Å². The normalized spacial score (nSPS) is 10.4. The number of ether oxygens (including phenoxy) is 2. The molecule has 0 aliphatic carbocycles. The average molecular weight is 392 g/mol. The van der Waals surface area contributed by atoms with Gasteiger partial charge in [-0.15, -0.1) is 0 Å². The van der Waals surface area contributed by atoms with Crippen LogP contribution in [0.15, 0.2) is 48.6 Å². The molecule has 1 aromatic carbocycles. The summed E-state index contributed by atoms with van der Waals surface area (Å²) in [5.74, 6) is -0.861. The molecule has 0 saturated heterocycles. The number of hydrogen-bond donors (Lipinski definition) is 2. The maximum Gasteiger partial charge on any atom is 0.333 e. The Bertz CT molecular complexity index is 621. The molecule has 1 aromatic rings. The molecule has 0 saturated carbocycles. The summed E-state index contributed by atoms with van der Waals surface area (Å²) >= 11 is 0. The zero-order chi connectivity index (χ0) is 20.8. The van der Waals surface area contributed by atoms with Crippen molar-refractivity contribution in [1.82, 2.24) is 11.0 Å². The van der Waals surface area contributed by atoms with Gasteiger partial charge in [0, 0.05) is 24.2 Å². The number of carbonyl (C=O) groups excluding carboxylic acids is 2. The van der Waals surface area contributed by atoms with Crippen LogP contribution in [0.5, 0.6) is 0 Å². The van der Waals surface area contributed by atoms with Crippen LogP contribution in [0, 0.1) is 0 Å². The predicted molar refractivity (Wildman–Crippen MR) is 104 cm³/mol. The van der Waals surface area contributed by atoms with Gasteiger partial charge in [0.1, 0.15) is 26.4 Å². The fourth-order valence-corrected chi connectivity index (χ4v) is 1.86. The van der Waals surface area contributed by atoms with Gasteiger partial charge in [0.2, 0.25) is 0 Å². The molecule has 0 aliphatic heterocycles. The SMILES string of the molecule is C=C(C)C(=O)OCCONCc1cccc(CNOCCOC(=O)C(=C)C)c1. The molecule has 8 nitrogen and oxygen atoms in total. The van der Waals surface area contributed by atoms with Crippen LogP contribution in [0.1, 0.15) is 25.0 Å². The largest absolute Gasteiger partial charge is 0.460 e. The van der Waals surface area contributed by atoms with Crippen LogP contribution >= 0.6 is 0 Å². The lowest BCUT2D eigenvalue weighted by Gasteiger charge is -2.09. The Balaban J connectivity index is 2.15. The van der Waals surface area contributed by atoms with Crippen LogP contribution in [0.3, 0.4) is 0 Å². The van der Waals surface area contributed by atoms with E-state index in [4.69, 9.17) is 19.1 Å². The van der Waals surface area contributed by atoms with E-state index in [0.717, 1.165) is 11.1 Å². The van der Waals surface area contributed by atoms with E-state index in [2.05, 4.69) is 24.1 Å². The van der Waals surface area contributed by atoms with Crippen molar-refractivity contribution in [2.45, 2.75) is 26.9 Å². The number of hydroxylamine groups is 2. The predicted octanol–water partition coefficient (Wildman–Crippen LogP) is 1.97. The highest BCUT2D eigenvalue weighted by molar-refractivity contribution is 5.87. The molecule has 0 amide bonds. The smallest absolute Gasteiger partial charge is 0.333 e. The van der Waals surface area contributed by atoms with Crippen molar-refractivity contribution in [1.29, 1.82) is 0 Å². The van der Waals surface area contributed by atoms with Gasteiger partial charge in [-0.3, -0.25) is 9.68 Å². The first kappa shape index (κ1) is 23.5. The molecule has 0 unspecified atom stereocenters. The molecule has 0 spiro atoms. The number of nitrogens with one attached hydrogen (secondary N) is 2. The first-order valence-electron chi connectivity index (χ1n) is 8.82. The summed E-state index contributed by atoms with van der Waals surface area (Å²) < 4.78 is 9.83. The molecule has 0 atom stereocenters. The highest BCUT2D eigenvalue weighted by Gasteiger charge is 2.03. The molecule has 0 aromatic heterocycles. The first-order valence-corrected chi connectivity index (χ1v) is 8.82. The van der Waals surface area contributed by atoms with Crippen LogP contribution < -0.4 is 11.0 Å². The lowest BCUT2D eigenvalue weighted by Crippen LogP contribution is -2.20. The van der Waals surface area contributed by atoms with Gasteiger partial charge < -0.3 is 9.47 Å². The fraction of sp³-hybridized carbons (Fsp3) is 0.400. The van der Waals surface area contributed by atoms with Crippen LogP contribution in [-0.4, -0.2) is 38.4 Å². The topological polar surface area (TPSA) is 95.1 Å². The summed E-state index contributed by atoms with van der Waals surface area (Å²) in [5, 5.41) is 0. The molecule has 28 heavy (non-hydrogen) atoms. The van der Waals surface area contributed by atoms with Crippen molar-refractivity contribution < 1.29 is 28.7 Å². The average Bonchev–Trinajstić information content (AvgIpc) is 2.67. The van der Waals surface area contributed by atoms with Gasteiger partial charge in [-0.1, -0.05) is 37.4 Å². The molecule has 0 fully saturated rings. The number of benzene rings is 1. The molecule has 0 heterocycles. The Morgan fingerprint density at radius 3 is 1.64 bits per heavy atom. The van der Waals surface area contributed by atoms with Gasteiger partial charge in [0.25, 0.3) is 0 Å². The third-order valence-electron chi connectivity index (χ3n) is 3.28. The summed E-state index contributed by atoms with van der Waals surface area (Å²) in [6, 6.07) is 7.84. The van der Waals surface area contributed by atoms with Crippen molar-refractivity contribution in [3.05, 3.63) is 59.7 Å². The zero-order valence-corrected chi connectivity index (χ0v) is 16.4. The second-order valence-corrected chi connectivity index (χ2v) is 5.99. The molecule has 1 rings (SSSR count). The third-order valence-corrected chi connectivity index (χ3v) is 3.28. The Hall–Kier alpha value is -2.52. The van der Waals surface area contributed by atoms with Gasteiger partial charge in [0.05, 0.1) is 0 Å². The van der Waals surface area contributed by atoms with Gasteiger partial charge in [-0.25, -0.2) is 9.59 Å². The monoisotopic (exact) mass is 392 g/mol. The molecule has 0 radical (unpaired) electrons. The van der Waals surface area contributed by atoms with Crippen molar-refractivity contribution in [3.8, 4) is 0 Å². The minimum atomic E-state index is -0.431. The van der Waals surface area contributed by atoms with Crippen molar-refractivity contribution >= 4 is 11.9 Å². The summed E-state index contributed by atoms with van der Waals surface area (Å²) in [6.07, 6.45) is 0. The highest BCUT2D eigenvalue weighted by atomic mass is 16.7. The van der Waals surface area contributed by atoms with Crippen LogP contribution in [0.2, 0.25) is 0 Å². The van der Waals surface area contributed by atoms with E-state index in [1.807, 2.05) is 24.3 Å². The molecular formula is C20H28N2O6. The first-order chi connectivity index (χ1) is 13.4. The van der Waals surface area contributed by atoms with Crippen molar-refractivity contribution in [3.63, 3.8) is 0 Å². The Morgan fingerprint density at radius 2 is 1.25 bits per heavy atom. The van der Waals surface area contributed by atoms with E-state index in [0.29, 0.717) is 24.2 Å². The van der Waals surface area contributed by atoms with Gasteiger partial charge in [-0.2, -0.15) is 11.0 Å². The minimum absolute atomic E-state index is 0.154. The number of rotatable bonds is 14. The summed E-state index contributed by atoms with van der Waals surface area (Å²) in [5.41, 5.74) is 8.39. The number of hydrogen-bond acceptors (Lipinski definition) is 8. The summed E-state index contributed by atoms with van der Waals surface area (Å²) in [7, 11) is 0. The summed E-state index contributed by atoms with van der Waals surface area (Å²) in [4.78, 5) is 32.8. The molecule has 0 aliphatic rings. The lowest BCUT2D eigenvalue weighted by molar-refractivity contribution is -0.142. The molecule has 2 N–H and O–H groups in total. The molecule has 8 heteroatoms. The second-order valence-electron chi connectivity index (χ2n) is 5.99. The van der Waals surface area contributed by atoms with E-state index in [1.165, 1.54) is 0 Å². The van der Waals surface area contributed by atoms with E-state index >= 15 is 0 Å². The Morgan fingerprint density at radius 1 is 0.821 bits per heavy atom. The third kappa shape index (κ3) is 10.6. The van der Waals surface area contributed by atoms with Crippen LogP contribution in [0.25, 0.3) is 0 Å². The highest BCUT2D eigenvalue weighted by Crippen LogP contribution is 2.05. The standard InChI is InChI=1S/C20H28N2O6/c1-15(2)19(23)25-8-10-27-21-13-17-6-5-7-18(12-17)14-22-28-11-9-26-20(24)16(3)4/h5-7,12,21-22H,1,3,8-11,13-14H2,2,4H3. The molecule has 154 valence electrons. The summed E-state index contributed by atoms with van der Waals surface area (Å²) in [6.45, 7) is 12.0. The molecular weight excluding hydrogens is 364 g/mol. The van der Waals surface area contributed by atoms with Gasteiger partial charge in [0.15, 0.2) is 0 Å². The van der Waals surface area contributed by atoms with Gasteiger partial charge in [-0.05, 0) is 25.0 Å². The van der Waals surface area contributed by atoms with E-state index < -0.39 is 11.9 Å². The van der Waals surface area contributed by atoms with Crippen LogP contribution in [-0.2, 0) is 41.8 Å². The van der Waals surface area contributed by atoms with E-state index in [-0.39, 0.29) is 26.4 Å². The maximum absolute atomic E-state index is 11.2. The number of esters is 2. The van der Waals surface area contributed by atoms with Crippen molar-refractivity contribution in [2.24, 2.45) is 0 Å². The minimum Gasteiger partial charge on any atom is -0.460 e. The fourth-order valence-electron chi connectivity index (χ4n) is 1.86. The van der Waals surface area contributed by atoms with Crippen molar-refractivity contribution in [2.75, 3.05) is 26.4 Å². The lowest BCUT2D eigenvalue weighted by atomic mass is 10.1.